The molecule has 0 aromatic heterocycles. The molecule has 0 saturated heterocycles. The van der Waals surface area contributed by atoms with Gasteiger partial charge in [0.25, 0.3) is 0 Å². The molecule has 0 heterocycles. The maximum atomic E-state index is 10.3. The van der Waals surface area contributed by atoms with Crippen LogP contribution in [0, 0.1) is 0 Å². The van der Waals surface area contributed by atoms with Gasteiger partial charge in [0.2, 0.25) is 0 Å². The predicted octanol–water partition coefficient (Wildman–Crippen LogP) is 2.11. The summed E-state index contributed by atoms with van der Waals surface area (Å²) in [5.74, 6) is -0.541. The second kappa shape index (κ2) is 6.50. The molecule has 1 rings (SSSR count). The molecule has 0 unspecified atom stereocenters. The van der Waals surface area contributed by atoms with E-state index in [1.165, 1.54) is 0 Å². The van der Waals surface area contributed by atoms with E-state index in [0.717, 1.165) is 10.0 Å². The monoisotopic (exact) mass is 287 g/mol. The number of aliphatic carboxylic acids is 1. The van der Waals surface area contributed by atoms with E-state index in [2.05, 4.69) is 21.2 Å². The summed E-state index contributed by atoms with van der Waals surface area (Å²) in [7, 11) is 0. The van der Waals surface area contributed by atoms with E-state index in [-0.39, 0.29) is 12.2 Å². The van der Waals surface area contributed by atoms with Crippen molar-refractivity contribution in [1.29, 1.82) is 0 Å². The maximum absolute atomic E-state index is 10.3. The lowest BCUT2D eigenvalue weighted by Crippen LogP contribution is -2.15. The molecular weight excluding hydrogens is 274 g/mol. The molecule has 4 nitrogen and oxygen atoms in total. The molecular formula is C11H14BrNO3. The lowest BCUT2D eigenvalue weighted by molar-refractivity contribution is -0.137. The molecule has 0 aliphatic heterocycles. The summed E-state index contributed by atoms with van der Waals surface area (Å²) >= 11 is 3.32. The van der Waals surface area contributed by atoms with Crippen LogP contribution in [0.4, 0.5) is 0 Å². The smallest absolute Gasteiger partial charge is 0.303 e. The molecule has 0 amide bonds. The standard InChI is InChI=1S/C11H14BrNO3/c12-9-3-4-10(14)8(6-9)7-13-5-1-2-11(15)16/h3-4,6,13-14H,1-2,5,7H2,(H,15,16). The molecule has 0 aliphatic rings. The molecule has 3 N–H and O–H groups in total. The number of aromatic hydroxyl groups is 1. The number of phenolic OH excluding ortho intramolecular Hbond substituents is 1. The SMILES string of the molecule is O=C(O)CCCNCc1cc(Br)ccc1O. The first-order valence-electron chi connectivity index (χ1n) is 4.99. The van der Waals surface area contributed by atoms with Gasteiger partial charge in [-0.15, -0.1) is 0 Å². The molecule has 1 aromatic rings. The lowest BCUT2D eigenvalue weighted by Gasteiger charge is -2.06. The van der Waals surface area contributed by atoms with E-state index in [4.69, 9.17) is 5.11 Å². The highest BCUT2D eigenvalue weighted by molar-refractivity contribution is 9.10. The maximum Gasteiger partial charge on any atom is 0.303 e. The molecule has 0 saturated carbocycles. The fourth-order valence-corrected chi connectivity index (χ4v) is 1.69. The molecule has 0 fully saturated rings. The van der Waals surface area contributed by atoms with Crippen LogP contribution in [0.15, 0.2) is 22.7 Å². The number of hydrogen-bond acceptors (Lipinski definition) is 3. The van der Waals surface area contributed by atoms with E-state index in [1.54, 1.807) is 12.1 Å². The van der Waals surface area contributed by atoms with Gasteiger partial charge < -0.3 is 15.5 Å². The summed E-state index contributed by atoms with van der Waals surface area (Å²) in [4.78, 5) is 10.3. The highest BCUT2D eigenvalue weighted by atomic mass is 79.9. The molecule has 0 bridgehead atoms. The molecule has 0 radical (unpaired) electrons. The third-order valence-corrected chi connectivity index (χ3v) is 2.59. The minimum atomic E-state index is -0.785. The Balaban J connectivity index is 2.31. The summed E-state index contributed by atoms with van der Waals surface area (Å²) in [6, 6.07) is 5.22. The summed E-state index contributed by atoms with van der Waals surface area (Å²) < 4.78 is 0.910. The molecule has 88 valence electrons. The third-order valence-electron chi connectivity index (χ3n) is 2.10. The number of hydrogen-bond donors (Lipinski definition) is 3. The van der Waals surface area contributed by atoms with Crippen molar-refractivity contribution in [2.45, 2.75) is 19.4 Å². The van der Waals surface area contributed by atoms with Gasteiger partial charge in [-0.3, -0.25) is 4.79 Å². The predicted molar refractivity (Wildman–Crippen MR) is 64.4 cm³/mol. The van der Waals surface area contributed by atoms with Gasteiger partial charge >= 0.3 is 5.97 Å². The fraction of sp³-hybridized carbons (Fsp3) is 0.364. The second-order valence-corrected chi connectivity index (χ2v) is 4.36. The van der Waals surface area contributed by atoms with E-state index >= 15 is 0 Å². The van der Waals surface area contributed by atoms with E-state index < -0.39 is 5.97 Å². The van der Waals surface area contributed by atoms with Crippen LogP contribution < -0.4 is 5.32 Å². The van der Waals surface area contributed by atoms with Crippen molar-refractivity contribution in [3.63, 3.8) is 0 Å². The van der Waals surface area contributed by atoms with Gasteiger partial charge in [0, 0.05) is 23.0 Å². The van der Waals surface area contributed by atoms with Crippen LogP contribution in [0.2, 0.25) is 0 Å². The van der Waals surface area contributed by atoms with E-state index in [1.807, 2.05) is 6.07 Å². The summed E-state index contributed by atoms with van der Waals surface area (Å²) in [6.07, 6.45) is 0.752. The summed E-state index contributed by atoms with van der Waals surface area (Å²) in [6.45, 7) is 1.16. The van der Waals surface area contributed by atoms with Crippen LogP contribution in [0.1, 0.15) is 18.4 Å². The van der Waals surface area contributed by atoms with Crippen molar-refractivity contribution in [2.24, 2.45) is 0 Å². The van der Waals surface area contributed by atoms with Crippen molar-refractivity contribution in [3.05, 3.63) is 28.2 Å². The van der Waals surface area contributed by atoms with Crippen LogP contribution in [0.25, 0.3) is 0 Å². The Morgan fingerprint density at radius 2 is 2.19 bits per heavy atom. The van der Waals surface area contributed by atoms with Crippen LogP contribution in [-0.4, -0.2) is 22.7 Å². The van der Waals surface area contributed by atoms with Gasteiger partial charge in [-0.05, 0) is 31.2 Å². The Bertz CT molecular complexity index is 368. The Hall–Kier alpha value is -1.07. The molecule has 0 spiro atoms. The average Bonchev–Trinajstić information content (AvgIpc) is 2.22. The fourth-order valence-electron chi connectivity index (χ4n) is 1.28. The average molecular weight is 288 g/mol. The zero-order chi connectivity index (χ0) is 12.0. The van der Waals surface area contributed by atoms with Crippen LogP contribution >= 0.6 is 15.9 Å². The van der Waals surface area contributed by atoms with Crippen LogP contribution in [-0.2, 0) is 11.3 Å². The summed E-state index contributed by atoms with van der Waals surface area (Å²) in [5, 5.41) is 21.0. The normalized spacial score (nSPS) is 10.3. The van der Waals surface area contributed by atoms with E-state index in [9.17, 15) is 9.90 Å². The first kappa shape index (κ1) is 13.0. The van der Waals surface area contributed by atoms with Crippen molar-refractivity contribution in [1.82, 2.24) is 5.32 Å². The van der Waals surface area contributed by atoms with Gasteiger partial charge in [-0.1, -0.05) is 15.9 Å². The molecule has 0 aliphatic carbocycles. The number of nitrogens with one attached hydrogen (secondary N) is 1. The lowest BCUT2D eigenvalue weighted by atomic mass is 10.2. The second-order valence-electron chi connectivity index (χ2n) is 3.45. The first-order valence-corrected chi connectivity index (χ1v) is 5.79. The number of carboxylic acid groups (broad SMARTS) is 1. The van der Waals surface area contributed by atoms with Crippen molar-refractivity contribution in [2.75, 3.05) is 6.54 Å². The van der Waals surface area contributed by atoms with E-state index in [0.29, 0.717) is 19.5 Å². The van der Waals surface area contributed by atoms with Crippen LogP contribution in [0.5, 0.6) is 5.75 Å². The Labute approximate surface area is 102 Å². The molecule has 0 atom stereocenters. The van der Waals surface area contributed by atoms with Gasteiger partial charge in [0.05, 0.1) is 0 Å². The quantitative estimate of drug-likeness (QED) is 0.701. The topological polar surface area (TPSA) is 69.6 Å². The number of carbonyl (C=O) groups is 1. The third kappa shape index (κ3) is 4.63. The summed E-state index contributed by atoms with van der Waals surface area (Å²) in [5.41, 5.74) is 0.796. The Morgan fingerprint density at radius 3 is 2.88 bits per heavy atom. The number of halogens is 1. The highest BCUT2D eigenvalue weighted by Gasteiger charge is 2.01. The number of phenols is 1. The van der Waals surface area contributed by atoms with Gasteiger partial charge in [-0.2, -0.15) is 0 Å². The van der Waals surface area contributed by atoms with Crippen LogP contribution in [0.3, 0.4) is 0 Å². The zero-order valence-electron chi connectivity index (χ0n) is 8.74. The molecule has 1 aromatic carbocycles. The van der Waals surface area contributed by atoms with Gasteiger partial charge in [0.1, 0.15) is 5.75 Å². The Morgan fingerprint density at radius 1 is 1.44 bits per heavy atom. The van der Waals surface area contributed by atoms with Crippen molar-refractivity contribution in [3.8, 4) is 5.75 Å². The molecule has 16 heavy (non-hydrogen) atoms. The zero-order valence-corrected chi connectivity index (χ0v) is 10.3. The first-order chi connectivity index (χ1) is 7.59. The largest absolute Gasteiger partial charge is 0.508 e. The molecule has 5 heteroatoms. The number of rotatable bonds is 6. The van der Waals surface area contributed by atoms with Gasteiger partial charge in [-0.25, -0.2) is 0 Å². The number of benzene rings is 1. The number of carboxylic acids is 1. The van der Waals surface area contributed by atoms with Gasteiger partial charge in [0.15, 0.2) is 0 Å². The van der Waals surface area contributed by atoms with Crippen molar-refractivity contribution < 1.29 is 15.0 Å². The minimum absolute atomic E-state index is 0.164. The highest BCUT2D eigenvalue weighted by Crippen LogP contribution is 2.21. The Kier molecular flexibility index (Phi) is 5.28. The van der Waals surface area contributed by atoms with Crippen molar-refractivity contribution >= 4 is 21.9 Å². The minimum Gasteiger partial charge on any atom is -0.508 e.